The van der Waals surface area contributed by atoms with E-state index in [1.165, 1.54) is 52.1 Å². The van der Waals surface area contributed by atoms with Crippen molar-refractivity contribution in [2.24, 2.45) is 17.8 Å². The predicted molar refractivity (Wildman–Crippen MR) is 73.6 cm³/mol. The van der Waals surface area contributed by atoms with E-state index in [1.54, 1.807) is 0 Å². The molecule has 18 heavy (non-hydrogen) atoms. The zero-order valence-corrected chi connectivity index (χ0v) is 11.9. The van der Waals surface area contributed by atoms with E-state index in [0.717, 1.165) is 29.8 Å². The Morgan fingerprint density at radius 2 is 1.22 bits per heavy atom. The molecule has 0 spiro atoms. The van der Waals surface area contributed by atoms with Crippen LogP contribution in [-0.2, 0) is 0 Å². The summed E-state index contributed by atoms with van der Waals surface area (Å²) in [7, 11) is 2.23. The molecule has 0 N–H and O–H groups in total. The summed E-state index contributed by atoms with van der Waals surface area (Å²) in [6, 6.07) is 1.78. The van der Waals surface area contributed by atoms with Gasteiger partial charge in [0.25, 0.3) is 0 Å². The molecule has 3 heteroatoms. The second-order valence-electron chi connectivity index (χ2n) is 7.53. The first-order valence-corrected chi connectivity index (χ1v) is 7.85. The second kappa shape index (κ2) is 4.19. The molecule has 3 heterocycles. The molecule has 0 aromatic heterocycles. The van der Waals surface area contributed by atoms with Gasteiger partial charge in [0, 0.05) is 51.4 Å². The number of nitrogens with zero attached hydrogens (tertiary/aromatic N) is 3. The third-order valence-corrected chi connectivity index (χ3v) is 5.98. The SMILES string of the molecule is CC1CC2CN(C3CN(C4CN(C)C4)C3)CC2C1. The second-order valence-corrected chi connectivity index (χ2v) is 7.53. The lowest BCUT2D eigenvalue weighted by molar-refractivity contribution is -0.0396. The van der Waals surface area contributed by atoms with Gasteiger partial charge >= 0.3 is 0 Å². The molecule has 0 bridgehead atoms. The molecule has 3 saturated heterocycles. The molecule has 1 aliphatic carbocycles. The van der Waals surface area contributed by atoms with Crippen molar-refractivity contribution in [3.63, 3.8) is 0 Å². The van der Waals surface area contributed by atoms with Gasteiger partial charge in [0.1, 0.15) is 0 Å². The fourth-order valence-electron chi connectivity index (χ4n) is 4.85. The van der Waals surface area contributed by atoms with E-state index < -0.39 is 0 Å². The zero-order valence-electron chi connectivity index (χ0n) is 11.9. The summed E-state index contributed by atoms with van der Waals surface area (Å²) in [5.41, 5.74) is 0. The summed E-state index contributed by atoms with van der Waals surface area (Å²) in [6.45, 7) is 10.6. The highest BCUT2D eigenvalue weighted by Gasteiger charge is 2.45. The van der Waals surface area contributed by atoms with Crippen molar-refractivity contribution >= 4 is 0 Å². The largest absolute Gasteiger partial charge is 0.303 e. The molecule has 0 amide bonds. The van der Waals surface area contributed by atoms with Crippen molar-refractivity contribution in [3.8, 4) is 0 Å². The Balaban J connectivity index is 1.26. The molecular formula is C15H27N3. The monoisotopic (exact) mass is 249 g/mol. The quantitative estimate of drug-likeness (QED) is 0.722. The van der Waals surface area contributed by atoms with Crippen LogP contribution in [0.3, 0.4) is 0 Å². The van der Waals surface area contributed by atoms with Crippen LogP contribution in [0.2, 0.25) is 0 Å². The van der Waals surface area contributed by atoms with Crippen LogP contribution in [-0.4, -0.2) is 73.1 Å². The maximum atomic E-state index is 2.82. The summed E-state index contributed by atoms with van der Waals surface area (Å²) in [5.74, 6) is 3.10. The Bertz CT molecular complexity index is 306. The predicted octanol–water partition coefficient (Wildman–Crippen LogP) is 0.963. The minimum atomic E-state index is 0.883. The summed E-state index contributed by atoms with van der Waals surface area (Å²) in [4.78, 5) is 7.96. The number of likely N-dealkylation sites (N-methyl/N-ethyl adjacent to an activating group) is 1. The van der Waals surface area contributed by atoms with Crippen molar-refractivity contribution < 1.29 is 0 Å². The van der Waals surface area contributed by atoms with Gasteiger partial charge in [-0.05, 0) is 37.6 Å². The Hall–Kier alpha value is -0.120. The van der Waals surface area contributed by atoms with E-state index in [9.17, 15) is 0 Å². The lowest BCUT2D eigenvalue weighted by Crippen LogP contribution is -2.68. The average molecular weight is 249 g/mol. The topological polar surface area (TPSA) is 9.72 Å². The Morgan fingerprint density at radius 3 is 1.78 bits per heavy atom. The molecule has 4 fully saturated rings. The highest BCUT2D eigenvalue weighted by atomic mass is 15.4. The highest BCUT2D eigenvalue weighted by molar-refractivity contribution is 5.01. The Kier molecular flexibility index (Phi) is 2.72. The van der Waals surface area contributed by atoms with Crippen LogP contribution in [0.25, 0.3) is 0 Å². The van der Waals surface area contributed by atoms with Crippen LogP contribution < -0.4 is 0 Å². The van der Waals surface area contributed by atoms with Gasteiger partial charge < -0.3 is 4.90 Å². The molecule has 0 radical (unpaired) electrons. The smallest absolute Gasteiger partial charge is 0.0351 e. The Morgan fingerprint density at radius 1 is 0.722 bits per heavy atom. The maximum Gasteiger partial charge on any atom is 0.0351 e. The molecular weight excluding hydrogens is 222 g/mol. The zero-order chi connectivity index (χ0) is 12.3. The minimum Gasteiger partial charge on any atom is -0.303 e. The third-order valence-electron chi connectivity index (χ3n) is 5.98. The van der Waals surface area contributed by atoms with Crippen LogP contribution in [0.5, 0.6) is 0 Å². The number of fused-ring (bicyclic) bond motifs is 1. The third kappa shape index (κ3) is 1.83. The molecule has 1 saturated carbocycles. The number of hydrogen-bond donors (Lipinski definition) is 0. The molecule has 102 valence electrons. The maximum absolute atomic E-state index is 2.82. The summed E-state index contributed by atoms with van der Waals surface area (Å²) >= 11 is 0. The summed E-state index contributed by atoms with van der Waals surface area (Å²) in [6.07, 6.45) is 3.01. The van der Waals surface area contributed by atoms with Gasteiger partial charge in [-0.2, -0.15) is 0 Å². The standard InChI is InChI=1S/C15H27N3/c1-11-3-12-5-17(6-13(12)4-11)15-9-18(10-15)14-7-16(2)8-14/h11-15H,3-10H2,1-2H3. The van der Waals surface area contributed by atoms with Crippen LogP contribution in [0.4, 0.5) is 0 Å². The van der Waals surface area contributed by atoms with E-state index in [-0.39, 0.29) is 0 Å². The van der Waals surface area contributed by atoms with E-state index >= 15 is 0 Å². The fourth-order valence-corrected chi connectivity index (χ4v) is 4.85. The van der Waals surface area contributed by atoms with Crippen molar-refractivity contribution in [1.29, 1.82) is 0 Å². The lowest BCUT2D eigenvalue weighted by atomic mass is 9.99. The number of rotatable bonds is 2. The van der Waals surface area contributed by atoms with Crippen LogP contribution in [0.1, 0.15) is 19.8 Å². The summed E-state index contributed by atoms with van der Waals surface area (Å²) in [5, 5.41) is 0. The average Bonchev–Trinajstić information content (AvgIpc) is 2.69. The Labute approximate surface area is 111 Å². The van der Waals surface area contributed by atoms with Gasteiger partial charge in [-0.25, -0.2) is 0 Å². The van der Waals surface area contributed by atoms with E-state index in [0.29, 0.717) is 0 Å². The van der Waals surface area contributed by atoms with E-state index in [1.807, 2.05) is 0 Å². The van der Waals surface area contributed by atoms with Gasteiger partial charge in [0.05, 0.1) is 0 Å². The molecule has 0 aromatic rings. The van der Waals surface area contributed by atoms with Crippen molar-refractivity contribution in [2.45, 2.75) is 31.8 Å². The lowest BCUT2D eigenvalue weighted by Gasteiger charge is -2.53. The van der Waals surface area contributed by atoms with Gasteiger partial charge in [-0.1, -0.05) is 6.92 Å². The summed E-state index contributed by atoms with van der Waals surface area (Å²) < 4.78 is 0. The molecule has 2 unspecified atom stereocenters. The number of likely N-dealkylation sites (tertiary alicyclic amines) is 3. The minimum absolute atomic E-state index is 0.883. The fraction of sp³-hybridized carbons (Fsp3) is 1.00. The van der Waals surface area contributed by atoms with Gasteiger partial charge in [-0.15, -0.1) is 0 Å². The van der Waals surface area contributed by atoms with Crippen molar-refractivity contribution in [3.05, 3.63) is 0 Å². The van der Waals surface area contributed by atoms with Gasteiger partial charge in [0.2, 0.25) is 0 Å². The van der Waals surface area contributed by atoms with Crippen LogP contribution >= 0.6 is 0 Å². The molecule has 4 aliphatic rings. The highest BCUT2D eigenvalue weighted by Crippen LogP contribution is 2.42. The van der Waals surface area contributed by atoms with Crippen LogP contribution in [0, 0.1) is 17.8 Å². The molecule has 0 aromatic carbocycles. The van der Waals surface area contributed by atoms with Gasteiger partial charge in [-0.3, -0.25) is 9.80 Å². The first kappa shape index (κ1) is 11.7. The number of hydrogen-bond acceptors (Lipinski definition) is 3. The normalized spacial score (nSPS) is 44.0. The van der Waals surface area contributed by atoms with E-state index in [2.05, 4.69) is 28.7 Å². The molecule has 4 rings (SSSR count). The van der Waals surface area contributed by atoms with Crippen molar-refractivity contribution in [2.75, 3.05) is 46.3 Å². The first-order chi connectivity index (χ1) is 8.69. The molecule has 2 atom stereocenters. The molecule has 3 aliphatic heterocycles. The first-order valence-electron chi connectivity index (χ1n) is 7.85. The van der Waals surface area contributed by atoms with E-state index in [4.69, 9.17) is 0 Å². The molecule has 3 nitrogen and oxygen atoms in total. The van der Waals surface area contributed by atoms with Gasteiger partial charge in [0.15, 0.2) is 0 Å². The van der Waals surface area contributed by atoms with Crippen LogP contribution in [0.15, 0.2) is 0 Å². The van der Waals surface area contributed by atoms with Crippen molar-refractivity contribution in [1.82, 2.24) is 14.7 Å².